The lowest BCUT2D eigenvalue weighted by Crippen LogP contribution is -2.47. The van der Waals surface area contributed by atoms with Crippen LogP contribution in [0.5, 0.6) is 0 Å². The van der Waals surface area contributed by atoms with E-state index >= 15 is 0 Å². The van der Waals surface area contributed by atoms with Crippen molar-refractivity contribution in [3.8, 4) is 0 Å². The van der Waals surface area contributed by atoms with Crippen molar-refractivity contribution in [1.29, 1.82) is 0 Å². The lowest BCUT2D eigenvalue weighted by molar-refractivity contribution is -0.273. The molecular formula is C17H36N4O4. The van der Waals surface area contributed by atoms with E-state index in [9.17, 15) is 9.90 Å². The first kappa shape index (κ1) is 22.3. The molecule has 1 heterocycles. The van der Waals surface area contributed by atoms with Gasteiger partial charge in [-0.05, 0) is 13.1 Å². The van der Waals surface area contributed by atoms with Gasteiger partial charge in [0.05, 0.1) is 20.3 Å². The zero-order chi connectivity index (χ0) is 18.5. The summed E-state index contributed by atoms with van der Waals surface area (Å²) in [4.78, 5) is 30.1. The van der Waals surface area contributed by atoms with Crippen LogP contribution in [0.2, 0.25) is 0 Å². The molecule has 0 bridgehead atoms. The van der Waals surface area contributed by atoms with E-state index in [0.29, 0.717) is 6.61 Å². The second kappa shape index (κ2) is 13.4. The summed E-state index contributed by atoms with van der Waals surface area (Å²) in [7, 11) is 1.52. The maximum atomic E-state index is 11.2. The van der Waals surface area contributed by atoms with E-state index in [0.717, 1.165) is 72.0 Å². The van der Waals surface area contributed by atoms with E-state index < -0.39 is 5.97 Å². The van der Waals surface area contributed by atoms with E-state index in [4.69, 9.17) is 4.89 Å². The van der Waals surface area contributed by atoms with Gasteiger partial charge < -0.3 is 14.9 Å². The monoisotopic (exact) mass is 360 g/mol. The van der Waals surface area contributed by atoms with Crippen LogP contribution in [0, 0.1) is 0 Å². The molecule has 0 aliphatic carbocycles. The Morgan fingerprint density at radius 2 is 1.28 bits per heavy atom. The fourth-order valence-corrected chi connectivity index (χ4v) is 3.03. The summed E-state index contributed by atoms with van der Waals surface area (Å²) in [5.41, 5.74) is 0. The molecule has 0 spiro atoms. The molecule has 1 rings (SSSR count). The van der Waals surface area contributed by atoms with Gasteiger partial charge in [-0.15, -0.1) is 0 Å². The Bertz CT molecular complexity index is 360. The molecule has 25 heavy (non-hydrogen) atoms. The van der Waals surface area contributed by atoms with Crippen molar-refractivity contribution in [2.24, 2.45) is 0 Å². The molecule has 0 aromatic heterocycles. The van der Waals surface area contributed by atoms with Crippen LogP contribution >= 0.6 is 0 Å². The summed E-state index contributed by atoms with van der Waals surface area (Å²) in [6, 6.07) is 0. The predicted molar refractivity (Wildman–Crippen MR) is 97.7 cm³/mol. The summed E-state index contributed by atoms with van der Waals surface area (Å²) < 4.78 is 0. The molecule has 1 aliphatic rings. The number of carboxylic acids is 1. The Balaban J connectivity index is 2.68. The molecule has 0 saturated carbocycles. The zero-order valence-electron chi connectivity index (χ0n) is 16.2. The van der Waals surface area contributed by atoms with Gasteiger partial charge in [-0.2, -0.15) is 0 Å². The van der Waals surface area contributed by atoms with Gasteiger partial charge in [-0.25, -0.2) is 9.78 Å². The van der Waals surface area contributed by atoms with Gasteiger partial charge in [-0.3, -0.25) is 14.6 Å². The molecule has 1 fully saturated rings. The van der Waals surface area contributed by atoms with E-state index in [1.165, 1.54) is 7.11 Å². The maximum Gasteiger partial charge on any atom is 0.317 e. The van der Waals surface area contributed by atoms with E-state index in [-0.39, 0.29) is 6.54 Å². The van der Waals surface area contributed by atoms with Crippen molar-refractivity contribution in [2.45, 2.75) is 13.8 Å². The first-order valence-corrected chi connectivity index (χ1v) is 9.35. The lowest BCUT2D eigenvalue weighted by Gasteiger charge is -2.33. The van der Waals surface area contributed by atoms with Gasteiger partial charge in [0.25, 0.3) is 0 Å². The fourth-order valence-electron chi connectivity index (χ4n) is 3.03. The Morgan fingerprint density at radius 3 is 1.68 bits per heavy atom. The molecule has 1 aliphatic heterocycles. The van der Waals surface area contributed by atoms with Crippen LogP contribution in [0.1, 0.15) is 13.8 Å². The molecule has 8 nitrogen and oxygen atoms in total. The number of carbonyl (C=O) groups is 1. The van der Waals surface area contributed by atoms with Crippen molar-refractivity contribution in [2.75, 3.05) is 92.3 Å². The number of hydrogen-bond acceptors (Lipinski definition) is 7. The smallest absolute Gasteiger partial charge is 0.317 e. The Kier molecular flexibility index (Phi) is 12.0. The van der Waals surface area contributed by atoms with Gasteiger partial charge in [0, 0.05) is 58.9 Å². The van der Waals surface area contributed by atoms with Gasteiger partial charge in [0.2, 0.25) is 0 Å². The summed E-state index contributed by atoms with van der Waals surface area (Å²) >= 11 is 0. The molecule has 0 radical (unpaired) electrons. The molecule has 1 N–H and O–H groups in total. The molecule has 1 saturated heterocycles. The highest BCUT2D eigenvalue weighted by atomic mass is 17.2. The van der Waals surface area contributed by atoms with Crippen LogP contribution in [-0.2, 0) is 14.6 Å². The summed E-state index contributed by atoms with van der Waals surface area (Å²) in [5, 5.41) is 9.17. The van der Waals surface area contributed by atoms with Gasteiger partial charge in [0.1, 0.15) is 0 Å². The van der Waals surface area contributed by atoms with Crippen LogP contribution in [0.3, 0.4) is 0 Å². The van der Waals surface area contributed by atoms with Crippen LogP contribution in [-0.4, -0.2) is 123 Å². The number of hydrogen-bond donors (Lipinski definition) is 1. The van der Waals surface area contributed by atoms with Crippen molar-refractivity contribution in [3.05, 3.63) is 0 Å². The SMILES string of the molecule is CCN1CCN(CC)CCN(CC(=O)O)CCN(CCOOC)CC1. The molecular weight excluding hydrogens is 324 g/mol. The van der Waals surface area contributed by atoms with Gasteiger partial charge in [-0.1, -0.05) is 13.8 Å². The minimum absolute atomic E-state index is 0.0983. The number of likely N-dealkylation sites (N-methyl/N-ethyl adjacent to an activating group) is 2. The standard InChI is InChI=1S/C17H36N4O4/c1-4-18-6-7-19(5-2)9-12-21(16-17(22)23)13-11-20(10-8-18)14-15-25-24-3/h4-16H2,1-3H3,(H,22,23). The molecule has 0 unspecified atom stereocenters. The predicted octanol–water partition coefficient (Wildman–Crippen LogP) is -0.0896. The minimum Gasteiger partial charge on any atom is -0.480 e. The van der Waals surface area contributed by atoms with Gasteiger partial charge in [0.15, 0.2) is 0 Å². The highest BCUT2D eigenvalue weighted by Crippen LogP contribution is 2.01. The van der Waals surface area contributed by atoms with E-state index in [1.54, 1.807) is 0 Å². The van der Waals surface area contributed by atoms with E-state index in [2.05, 4.69) is 33.4 Å². The van der Waals surface area contributed by atoms with E-state index in [1.807, 2.05) is 4.90 Å². The fraction of sp³-hybridized carbons (Fsp3) is 0.941. The van der Waals surface area contributed by atoms with Crippen molar-refractivity contribution in [1.82, 2.24) is 19.6 Å². The minimum atomic E-state index is -0.762. The normalized spacial score (nSPS) is 20.9. The van der Waals surface area contributed by atoms with Crippen LogP contribution < -0.4 is 0 Å². The summed E-state index contributed by atoms with van der Waals surface area (Å²) in [5.74, 6) is -0.762. The average Bonchev–Trinajstić information content (AvgIpc) is 2.59. The number of carboxylic acid groups (broad SMARTS) is 1. The molecule has 0 amide bonds. The van der Waals surface area contributed by atoms with Crippen LogP contribution in [0.15, 0.2) is 0 Å². The number of nitrogens with zero attached hydrogens (tertiary/aromatic N) is 4. The third-order valence-electron chi connectivity index (χ3n) is 4.79. The first-order chi connectivity index (χ1) is 12.1. The lowest BCUT2D eigenvalue weighted by atomic mass is 10.3. The number of rotatable bonds is 8. The molecule has 148 valence electrons. The van der Waals surface area contributed by atoms with Crippen molar-refractivity contribution >= 4 is 5.97 Å². The maximum absolute atomic E-state index is 11.2. The highest BCUT2D eigenvalue weighted by Gasteiger charge is 2.16. The van der Waals surface area contributed by atoms with Crippen molar-refractivity contribution < 1.29 is 19.7 Å². The summed E-state index contributed by atoms with van der Waals surface area (Å²) in [6.07, 6.45) is 0. The Hall–Kier alpha value is -0.770. The zero-order valence-corrected chi connectivity index (χ0v) is 16.2. The Labute approximate surface area is 152 Å². The first-order valence-electron chi connectivity index (χ1n) is 9.35. The largest absolute Gasteiger partial charge is 0.480 e. The highest BCUT2D eigenvalue weighted by molar-refractivity contribution is 5.69. The van der Waals surface area contributed by atoms with Gasteiger partial charge >= 0.3 is 5.97 Å². The van der Waals surface area contributed by atoms with Crippen LogP contribution in [0.25, 0.3) is 0 Å². The van der Waals surface area contributed by atoms with Crippen molar-refractivity contribution in [3.63, 3.8) is 0 Å². The second-order valence-corrected chi connectivity index (χ2v) is 6.37. The Morgan fingerprint density at radius 1 is 0.840 bits per heavy atom. The summed E-state index contributed by atoms with van der Waals surface area (Å²) in [6.45, 7) is 15.1. The molecule has 0 aromatic carbocycles. The third-order valence-corrected chi connectivity index (χ3v) is 4.79. The molecule has 0 atom stereocenters. The van der Waals surface area contributed by atoms with Crippen LogP contribution in [0.4, 0.5) is 0 Å². The molecule has 0 aromatic rings. The third kappa shape index (κ3) is 10.1. The quantitative estimate of drug-likeness (QED) is 0.366. The number of aliphatic carboxylic acids is 1. The molecule has 8 heteroatoms. The second-order valence-electron chi connectivity index (χ2n) is 6.37. The topological polar surface area (TPSA) is 68.7 Å². The average molecular weight is 360 g/mol.